The van der Waals surface area contributed by atoms with Crippen molar-refractivity contribution in [2.75, 3.05) is 0 Å². The molecule has 1 heterocycles. The molecule has 0 aromatic rings. The van der Waals surface area contributed by atoms with Gasteiger partial charge in [-0.25, -0.2) is 0 Å². The monoisotopic (exact) mass is 167 g/mol. The molecule has 1 fully saturated rings. The second-order valence-electron chi connectivity index (χ2n) is 3.09. The molecular formula is C9H13NO2. The molecule has 0 bridgehead atoms. The van der Waals surface area contributed by atoms with Gasteiger partial charge in [-0.3, -0.25) is 4.79 Å². The summed E-state index contributed by atoms with van der Waals surface area (Å²) in [6.07, 6.45) is 8.44. The van der Waals surface area contributed by atoms with Crippen molar-refractivity contribution in [3.63, 3.8) is 0 Å². The third kappa shape index (κ3) is 2.24. The van der Waals surface area contributed by atoms with E-state index in [4.69, 9.17) is 11.5 Å². The number of hydrogen-bond donors (Lipinski definition) is 2. The Morgan fingerprint density at radius 1 is 1.67 bits per heavy atom. The van der Waals surface area contributed by atoms with Crippen molar-refractivity contribution in [3.05, 3.63) is 0 Å². The number of terminal acetylenes is 1. The summed E-state index contributed by atoms with van der Waals surface area (Å²) in [4.78, 5) is 10.6. The lowest BCUT2D eigenvalue weighted by molar-refractivity contribution is -0.140. The van der Waals surface area contributed by atoms with Gasteiger partial charge in [-0.2, -0.15) is 0 Å². The number of carboxylic acids is 1. The highest BCUT2D eigenvalue weighted by Gasteiger charge is 2.24. The number of aliphatic carboxylic acids is 1. The van der Waals surface area contributed by atoms with Crippen molar-refractivity contribution in [2.24, 2.45) is 0 Å². The Bertz CT molecular complexity index is 207. The van der Waals surface area contributed by atoms with E-state index in [-0.39, 0.29) is 6.04 Å². The molecule has 1 rings (SSSR count). The summed E-state index contributed by atoms with van der Waals surface area (Å²) in [7, 11) is 0. The number of carboxylic acid groups (broad SMARTS) is 1. The average molecular weight is 167 g/mol. The molecule has 3 heteroatoms. The molecule has 0 spiro atoms. The molecule has 12 heavy (non-hydrogen) atoms. The summed E-state index contributed by atoms with van der Waals surface area (Å²) in [6, 6.07) is -0.193. The lowest BCUT2D eigenvalue weighted by Gasteiger charge is -2.27. The van der Waals surface area contributed by atoms with Gasteiger partial charge in [-0.15, -0.1) is 12.3 Å². The quantitative estimate of drug-likeness (QED) is 0.592. The Morgan fingerprint density at radius 2 is 2.42 bits per heavy atom. The minimum atomic E-state index is -0.767. The van der Waals surface area contributed by atoms with Crippen LogP contribution in [-0.2, 0) is 4.79 Å². The number of nitrogens with one attached hydrogen (secondary N) is 1. The van der Waals surface area contributed by atoms with E-state index >= 15 is 0 Å². The van der Waals surface area contributed by atoms with E-state index in [1.165, 1.54) is 0 Å². The van der Waals surface area contributed by atoms with Gasteiger partial charge in [0.25, 0.3) is 0 Å². The molecule has 0 aromatic heterocycles. The van der Waals surface area contributed by atoms with Crippen LogP contribution in [0.2, 0.25) is 0 Å². The van der Waals surface area contributed by atoms with Crippen LogP contribution in [0.25, 0.3) is 0 Å². The maximum atomic E-state index is 10.6. The molecule has 2 unspecified atom stereocenters. The molecule has 1 saturated heterocycles. The molecule has 2 N–H and O–H groups in total. The molecule has 0 saturated carbocycles. The third-order valence-electron chi connectivity index (χ3n) is 2.14. The molecule has 1 aliphatic heterocycles. The fourth-order valence-electron chi connectivity index (χ4n) is 1.52. The van der Waals surface area contributed by atoms with Crippen molar-refractivity contribution in [1.29, 1.82) is 0 Å². The highest BCUT2D eigenvalue weighted by Crippen LogP contribution is 2.14. The summed E-state index contributed by atoms with van der Waals surface area (Å²) >= 11 is 0. The Morgan fingerprint density at radius 3 is 3.00 bits per heavy atom. The van der Waals surface area contributed by atoms with E-state index in [9.17, 15) is 4.79 Å². The van der Waals surface area contributed by atoms with E-state index in [1.807, 2.05) is 0 Å². The van der Waals surface area contributed by atoms with Gasteiger partial charge in [0.2, 0.25) is 0 Å². The first-order valence-electron chi connectivity index (χ1n) is 4.16. The van der Waals surface area contributed by atoms with Gasteiger partial charge in [-0.1, -0.05) is 0 Å². The van der Waals surface area contributed by atoms with Gasteiger partial charge in [0.15, 0.2) is 0 Å². The molecule has 0 aromatic carbocycles. The average Bonchev–Trinajstić information content (AvgIpc) is 2.05. The fraction of sp³-hybridized carbons (Fsp3) is 0.667. The first-order chi connectivity index (χ1) is 5.74. The molecule has 66 valence electrons. The number of carbonyl (C=O) groups is 1. The smallest absolute Gasteiger partial charge is 0.320 e. The van der Waals surface area contributed by atoms with E-state index < -0.39 is 12.0 Å². The zero-order valence-electron chi connectivity index (χ0n) is 6.92. The number of rotatable bonds is 2. The van der Waals surface area contributed by atoms with E-state index in [0.29, 0.717) is 6.42 Å². The maximum Gasteiger partial charge on any atom is 0.320 e. The molecule has 3 nitrogen and oxygen atoms in total. The van der Waals surface area contributed by atoms with Gasteiger partial charge in [-0.05, 0) is 19.3 Å². The lowest BCUT2D eigenvalue weighted by Crippen LogP contribution is -2.46. The summed E-state index contributed by atoms with van der Waals surface area (Å²) < 4.78 is 0. The highest BCUT2D eigenvalue weighted by molar-refractivity contribution is 5.73. The minimum absolute atomic E-state index is 0.199. The Hall–Kier alpha value is -1.01. The van der Waals surface area contributed by atoms with Crippen LogP contribution in [0, 0.1) is 12.3 Å². The zero-order valence-corrected chi connectivity index (χ0v) is 6.92. The molecule has 2 atom stereocenters. The predicted octanol–water partition coefficient (Wildman–Crippen LogP) is 0.605. The third-order valence-corrected chi connectivity index (χ3v) is 2.14. The number of hydrogen-bond acceptors (Lipinski definition) is 2. The van der Waals surface area contributed by atoms with Crippen LogP contribution >= 0.6 is 0 Å². The highest BCUT2D eigenvalue weighted by atomic mass is 16.4. The number of piperidine rings is 1. The summed E-state index contributed by atoms with van der Waals surface area (Å²) in [5.74, 6) is 1.77. The molecule has 1 aliphatic rings. The van der Waals surface area contributed by atoms with Crippen LogP contribution in [0.4, 0.5) is 0 Å². The largest absolute Gasteiger partial charge is 0.480 e. The van der Waals surface area contributed by atoms with E-state index in [2.05, 4.69) is 11.2 Å². The van der Waals surface area contributed by atoms with Gasteiger partial charge in [0, 0.05) is 12.5 Å². The van der Waals surface area contributed by atoms with Crippen LogP contribution in [-0.4, -0.2) is 23.2 Å². The van der Waals surface area contributed by atoms with E-state index in [1.54, 1.807) is 0 Å². The topological polar surface area (TPSA) is 49.3 Å². The lowest BCUT2D eigenvalue weighted by atomic mass is 9.97. The van der Waals surface area contributed by atoms with Crippen molar-refractivity contribution in [2.45, 2.75) is 37.8 Å². The Kier molecular flexibility index (Phi) is 3.12. The maximum absolute atomic E-state index is 10.6. The van der Waals surface area contributed by atoms with Crippen LogP contribution < -0.4 is 5.32 Å². The van der Waals surface area contributed by atoms with Gasteiger partial charge < -0.3 is 10.4 Å². The van der Waals surface area contributed by atoms with Gasteiger partial charge >= 0.3 is 5.97 Å². The Labute approximate surface area is 72.2 Å². The second-order valence-corrected chi connectivity index (χ2v) is 3.09. The van der Waals surface area contributed by atoms with Crippen LogP contribution in [0.1, 0.15) is 25.7 Å². The molecule has 0 radical (unpaired) electrons. The Balaban J connectivity index is 2.41. The van der Waals surface area contributed by atoms with Gasteiger partial charge in [0.1, 0.15) is 6.04 Å². The summed E-state index contributed by atoms with van der Waals surface area (Å²) in [6.45, 7) is 0. The minimum Gasteiger partial charge on any atom is -0.480 e. The first-order valence-corrected chi connectivity index (χ1v) is 4.16. The van der Waals surface area contributed by atoms with Crippen LogP contribution in [0.5, 0.6) is 0 Å². The van der Waals surface area contributed by atoms with Crippen molar-refractivity contribution >= 4 is 5.97 Å². The normalized spacial score (nSPS) is 29.2. The molecule has 0 aliphatic carbocycles. The second kappa shape index (κ2) is 4.13. The molecular weight excluding hydrogens is 154 g/mol. The zero-order chi connectivity index (χ0) is 8.97. The van der Waals surface area contributed by atoms with Crippen molar-refractivity contribution in [3.8, 4) is 12.3 Å². The fourth-order valence-corrected chi connectivity index (χ4v) is 1.52. The van der Waals surface area contributed by atoms with Gasteiger partial charge in [0.05, 0.1) is 0 Å². The molecule has 0 amide bonds. The SMILES string of the molecule is C#CCC1CCCC(C(=O)O)N1. The first kappa shape index (κ1) is 9.08. The predicted molar refractivity (Wildman–Crippen MR) is 45.6 cm³/mol. The summed E-state index contributed by atoms with van der Waals surface area (Å²) in [5, 5.41) is 11.7. The van der Waals surface area contributed by atoms with E-state index in [0.717, 1.165) is 19.3 Å². The van der Waals surface area contributed by atoms with Crippen LogP contribution in [0.15, 0.2) is 0 Å². The summed E-state index contributed by atoms with van der Waals surface area (Å²) in [5.41, 5.74) is 0. The van der Waals surface area contributed by atoms with Crippen molar-refractivity contribution in [1.82, 2.24) is 5.32 Å². The van der Waals surface area contributed by atoms with Crippen molar-refractivity contribution < 1.29 is 9.90 Å². The van der Waals surface area contributed by atoms with Crippen LogP contribution in [0.3, 0.4) is 0 Å². The standard InChI is InChI=1S/C9H13NO2/c1-2-4-7-5-3-6-8(10-7)9(11)12/h1,7-8,10H,3-6H2,(H,11,12).